The van der Waals surface area contributed by atoms with Crippen molar-refractivity contribution < 1.29 is 14.3 Å². The SMILES string of the molecule is CCOC1(C(=O)c2nccnc2OC)CCC(C)CC1. The number of nitrogens with zero attached hydrogens (tertiary/aromatic N) is 2. The van der Waals surface area contributed by atoms with Gasteiger partial charge in [0.2, 0.25) is 11.7 Å². The van der Waals surface area contributed by atoms with Gasteiger partial charge >= 0.3 is 0 Å². The molecule has 1 saturated carbocycles. The molecule has 110 valence electrons. The van der Waals surface area contributed by atoms with E-state index in [1.165, 1.54) is 19.5 Å². The molecule has 0 spiro atoms. The average Bonchev–Trinajstić information content (AvgIpc) is 2.49. The van der Waals surface area contributed by atoms with Crippen molar-refractivity contribution in [3.63, 3.8) is 0 Å². The highest BCUT2D eigenvalue weighted by molar-refractivity contribution is 6.02. The molecule has 0 radical (unpaired) electrons. The first-order valence-corrected chi connectivity index (χ1v) is 7.16. The van der Waals surface area contributed by atoms with Crippen LogP contribution >= 0.6 is 0 Å². The third-order valence-corrected chi connectivity index (χ3v) is 3.99. The number of ether oxygens (including phenoxy) is 2. The van der Waals surface area contributed by atoms with Crippen molar-refractivity contribution >= 4 is 5.78 Å². The smallest absolute Gasteiger partial charge is 0.243 e. The van der Waals surface area contributed by atoms with Crippen molar-refractivity contribution in [3.05, 3.63) is 18.1 Å². The number of carbonyl (C=O) groups is 1. The van der Waals surface area contributed by atoms with Crippen molar-refractivity contribution in [2.45, 2.75) is 45.1 Å². The monoisotopic (exact) mass is 278 g/mol. The van der Waals surface area contributed by atoms with Crippen LogP contribution in [-0.4, -0.2) is 35.1 Å². The summed E-state index contributed by atoms with van der Waals surface area (Å²) < 4.78 is 11.0. The van der Waals surface area contributed by atoms with E-state index in [4.69, 9.17) is 9.47 Å². The Morgan fingerprint density at radius 2 is 2.00 bits per heavy atom. The summed E-state index contributed by atoms with van der Waals surface area (Å²) in [6.45, 7) is 4.65. The highest BCUT2D eigenvalue weighted by atomic mass is 16.5. The van der Waals surface area contributed by atoms with Crippen LogP contribution in [0.2, 0.25) is 0 Å². The molecule has 0 amide bonds. The number of carbonyl (C=O) groups excluding carboxylic acids is 1. The van der Waals surface area contributed by atoms with E-state index in [9.17, 15) is 4.79 Å². The van der Waals surface area contributed by atoms with E-state index in [1.54, 1.807) is 0 Å². The van der Waals surface area contributed by atoms with Gasteiger partial charge in [-0.25, -0.2) is 9.97 Å². The molecule has 0 bridgehead atoms. The fraction of sp³-hybridized carbons (Fsp3) is 0.667. The van der Waals surface area contributed by atoms with E-state index in [0.717, 1.165) is 25.7 Å². The van der Waals surface area contributed by atoms with Crippen LogP contribution in [0, 0.1) is 5.92 Å². The molecule has 5 heteroatoms. The van der Waals surface area contributed by atoms with Crippen LogP contribution in [0.5, 0.6) is 5.88 Å². The molecule has 0 aliphatic heterocycles. The number of aromatic nitrogens is 2. The predicted molar refractivity (Wildman–Crippen MR) is 74.9 cm³/mol. The summed E-state index contributed by atoms with van der Waals surface area (Å²) in [7, 11) is 1.50. The van der Waals surface area contributed by atoms with Crippen molar-refractivity contribution in [2.75, 3.05) is 13.7 Å². The van der Waals surface area contributed by atoms with E-state index >= 15 is 0 Å². The molecule has 20 heavy (non-hydrogen) atoms. The Morgan fingerprint density at radius 3 is 2.60 bits per heavy atom. The Labute approximate surface area is 119 Å². The molecule has 2 rings (SSSR count). The molecule has 1 fully saturated rings. The Bertz CT molecular complexity index is 468. The molecule has 1 aliphatic carbocycles. The van der Waals surface area contributed by atoms with E-state index in [-0.39, 0.29) is 17.4 Å². The second kappa shape index (κ2) is 6.31. The topological polar surface area (TPSA) is 61.3 Å². The lowest BCUT2D eigenvalue weighted by Crippen LogP contribution is -2.45. The fourth-order valence-corrected chi connectivity index (χ4v) is 2.79. The van der Waals surface area contributed by atoms with Gasteiger partial charge in [-0.1, -0.05) is 6.92 Å². The van der Waals surface area contributed by atoms with Gasteiger partial charge in [0.25, 0.3) is 0 Å². The lowest BCUT2D eigenvalue weighted by molar-refractivity contribution is -0.0478. The number of hydrogen-bond donors (Lipinski definition) is 0. The maximum absolute atomic E-state index is 12.9. The summed E-state index contributed by atoms with van der Waals surface area (Å²) in [4.78, 5) is 21.1. The van der Waals surface area contributed by atoms with Gasteiger partial charge in [-0.05, 0) is 38.5 Å². The minimum atomic E-state index is -0.759. The predicted octanol–water partition coefficient (Wildman–Crippen LogP) is 2.65. The van der Waals surface area contributed by atoms with Crippen LogP contribution in [-0.2, 0) is 4.74 Å². The normalized spacial score (nSPS) is 26.2. The first-order valence-electron chi connectivity index (χ1n) is 7.16. The molecular formula is C15H22N2O3. The molecule has 5 nitrogen and oxygen atoms in total. The van der Waals surface area contributed by atoms with Crippen LogP contribution in [0.1, 0.15) is 50.0 Å². The molecule has 0 atom stereocenters. The maximum Gasteiger partial charge on any atom is 0.243 e. The molecular weight excluding hydrogens is 256 g/mol. The number of rotatable bonds is 5. The fourth-order valence-electron chi connectivity index (χ4n) is 2.79. The van der Waals surface area contributed by atoms with E-state index in [2.05, 4.69) is 16.9 Å². The second-order valence-corrected chi connectivity index (χ2v) is 5.35. The Kier molecular flexibility index (Phi) is 4.70. The van der Waals surface area contributed by atoms with Crippen LogP contribution in [0.3, 0.4) is 0 Å². The minimum absolute atomic E-state index is 0.101. The zero-order valence-electron chi connectivity index (χ0n) is 12.4. The van der Waals surface area contributed by atoms with Crippen molar-refractivity contribution in [1.29, 1.82) is 0 Å². The lowest BCUT2D eigenvalue weighted by atomic mass is 9.76. The molecule has 1 aromatic heterocycles. The van der Waals surface area contributed by atoms with Crippen LogP contribution in [0.15, 0.2) is 12.4 Å². The number of methoxy groups -OCH3 is 1. The number of ketones is 1. The zero-order valence-corrected chi connectivity index (χ0v) is 12.4. The van der Waals surface area contributed by atoms with Gasteiger partial charge in [-0.15, -0.1) is 0 Å². The maximum atomic E-state index is 12.9. The van der Waals surface area contributed by atoms with Gasteiger partial charge in [-0.2, -0.15) is 0 Å². The summed E-state index contributed by atoms with van der Waals surface area (Å²) >= 11 is 0. The van der Waals surface area contributed by atoms with E-state index in [0.29, 0.717) is 12.5 Å². The number of hydrogen-bond acceptors (Lipinski definition) is 5. The van der Waals surface area contributed by atoms with Gasteiger partial charge in [0.05, 0.1) is 7.11 Å². The zero-order chi connectivity index (χ0) is 14.6. The summed E-state index contributed by atoms with van der Waals surface area (Å²) in [5.74, 6) is 0.812. The highest BCUT2D eigenvalue weighted by Crippen LogP contribution is 2.37. The Hall–Kier alpha value is -1.49. The minimum Gasteiger partial charge on any atom is -0.479 e. The van der Waals surface area contributed by atoms with Gasteiger partial charge in [0, 0.05) is 19.0 Å². The standard InChI is InChI=1S/C15H22N2O3/c1-4-20-15(7-5-11(2)6-8-15)13(18)12-14(19-3)17-10-9-16-12/h9-11H,4-8H2,1-3H3. The number of Topliss-reactive ketones (excluding diaryl/α,β-unsaturated/α-hetero) is 1. The van der Waals surface area contributed by atoms with Gasteiger partial charge in [-0.3, -0.25) is 4.79 Å². The van der Waals surface area contributed by atoms with Crippen LogP contribution in [0.4, 0.5) is 0 Å². The van der Waals surface area contributed by atoms with Crippen molar-refractivity contribution in [2.24, 2.45) is 5.92 Å². The van der Waals surface area contributed by atoms with Gasteiger partial charge < -0.3 is 9.47 Å². The Morgan fingerprint density at radius 1 is 1.35 bits per heavy atom. The highest BCUT2D eigenvalue weighted by Gasteiger charge is 2.44. The second-order valence-electron chi connectivity index (χ2n) is 5.35. The first kappa shape index (κ1) is 14.9. The van der Waals surface area contributed by atoms with Gasteiger partial charge in [0.15, 0.2) is 5.69 Å². The summed E-state index contributed by atoms with van der Waals surface area (Å²) in [5.41, 5.74) is -0.483. The van der Waals surface area contributed by atoms with E-state index < -0.39 is 5.60 Å². The summed E-state index contributed by atoms with van der Waals surface area (Å²) in [6, 6.07) is 0. The van der Waals surface area contributed by atoms with Crippen molar-refractivity contribution in [1.82, 2.24) is 9.97 Å². The van der Waals surface area contributed by atoms with Crippen molar-refractivity contribution in [3.8, 4) is 5.88 Å². The third kappa shape index (κ3) is 2.82. The largest absolute Gasteiger partial charge is 0.479 e. The summed E-state index contributed by atoms with van der Waals surface area (Å²) in [6.07, 6.45) is 6.50. The van der Waals surface area contributed by atoms with Gasteiger partial charge in [0.1, 0.15) is 5.60 Å². The quantitative estimate of drug-likeness (QED) is 0.775. The first-order chi connectivity index (χ1) is 9.63. The Balaban J connectivity index is 2.31. The summed E-state index contributed by atoms with van der Waals surface area (Å²) in [5, 5.41) is 0. The molecule has 1 aromatic rings. The van der Waals surface area contributed by atoms with Crippen LogP contribution in [0.25, 0.3) is 0 Å². The van der Waals surface area contributed by atoms with Crippen LogP contribution < -0.4 is 4.74 Å². The molecule has 0 saturated heterocycles. The third-order valence-electron chi connectivity index (χ3n) is 3.99. The molecule has 1 aliphatic rings. The van der Waals surface area contributed by atoms with E-state index in [1.807, 2.05) is 6.92 Å². The average molecular weight is 278 g/mol. The molecule has 1 heterocycles. The molecule has 0 unspecified atom stereocenters. The molecule has 0 N–H and O–H groups in total. The lowest BCUT2D eigenvalue weighted by Gasteiger charge is -2.37. The molecule has 0 aromatic carbocycles.